The van der Waals surface area contributed by atoms with Gasteiger partial charge in [-0.1, -0.05) is 25.3 Å². The largest absolute Gasteiger partial charge is 0.422 e. The highest BCUT2D eigenvalue weighted by molar-refractivity contribution is 5.89. The maximum absolute atomic E-state index is 9.27. The minimum Gasteiger partial charge on any atom is -0.422 e. The maximum Gasteiger partial charge on any atom is 0.252 e. The molecule has 0 bridgehead atoms. The number of aromatic amines is 1. The van der Waals surface area contributed by atoms with Crippen molar-refractivity contribution in [2.45, 2.75) is 38.0 Å². The number of nitrogens with zero attached hydrogens (tertiary/aromatic N) is 3. The van der Waals surface area contributed by atoms with E-state index in [0.29, 0.717) is 17.7 Å². The van der Waals surface area contributed by atoms with Gasteiger partial charge in [-0.2, -0.15) is 10.4 Å². The zero-order valence-electron chi connectivity index (χ0n) is 13.8. The minimum atomic E-state index is 0.263. The molecule has 0 unspecified atom stereocenters. The number of H-pyrrole nitrogens is 1. The molecule has 4 rings (SSSR count). The summed E-state index contributed by atoms with van der Waals surface area (Å²) in [5.74, 6) is 1.29. The molecule has 2 heterocycles. The van der Waals surface area contributed by atoms with Crippen LogP contribution >= 0.6 is 0 Å². The average Bonchev–Trinajstić information content (AvgIpc) is 3.28. The molecule has 2 N–H and O–H groups in total. The summed E-state index contributed by atoms with van der Waals surface area (Å²) >= 11 is 0. The van der Waals surface area contributed by atoms with Gasteiger partial charge in [0, 0.05) is 17.6 Å². The summed E-state index contributed by atoms with van der Waals surface area (Å²) in [6.45, 7) is 0. The maximum atomic E-state index is 9.27. The van der Waals surface area contributed by atoms with Crippen LogP contribution in [0.1, 0.15) is 55.2 Å². The lowest BCUT2D eigenvalue weighted by atomic mass is 9.89. The molecule has 0 atom stereocenters. The second-order valence-electron chi connectivity index (χ2n) is 6.37. The van der Waals surface area contributed by atoms with Crippen LogP contribution in [-0.4, -0.2) is 16.2 Å². The molecule has 6 heteroatoms. The fourth-order valence-electron chi connectivity index (χ4n) is 3.33. The summed E-state index contributed by atoms with van der Waals surface area (Å²) in [4.78, 5) is 7.50. The summed E-state index contributed by atoms with van der Waals surface area (Å²) < 4.78 is 5.78. The topological polar surface area (TPSA) is 90.0 Å². The molecule has 2 aromatic heterocycles. The first-order valence-corrected chi connectivity index (χ1v) is 8.60. The Morgan fingerprint density at radius 1 is 1.28 bits per heavy atom. The van der Waals surface area contributed by atoms with Gasteiger partial charge in [-0.15, -0.1) is 0 Å². The third-order valence-corrected chi connectivity index (χ3v) is 4.66. The number of nitriles is 1. The first-order chi connectivity index (χ1) is 12.3. The summed E-state index contributed by atoms with van der Waals surface area (Å²) in [5.41, 5.74) is 5.14. The molecule has 0 saturated heterocycles. The van der Waals surface area contributed by atoms with Crippen LogP contribution < -0.4 is 5.43 Å². The van der Waals surface area contributed by atoms with E-state index in [9.17, 15) is 5.26 Å². The standard InChI is InChI=1S/C19H19N5O/c20-11-17-19(25-18(23-17)14-4-2-1-3-5-14)24-22-12-13-6-7-16-15(10-13)8-9-21-16/h6-10,12,14,21,24H,1-5H2/b22-12+. The van der Waals surface area contributed by atoms with Crippen LogP contribution in [0.25, 0.3) is 10.9 Å². The summed E-state index contributed by atoms with van der Waals surface area (Å²) in [5, 5.41) is 14.6. The SMILES string of the molecule is N#Cc1nc(C2CCCCC2)oc1N/N=C/c1ccc2[nH]ccc2c1. The number of aromatic nitrogens is 2. The van der Waals surface area contributed by atoms with Gasteiger partial charge in [0.2, 0.25) is 11.6 Å². The molecule has 1 aliphatic rings. The van der Waals surface area contributed by atoms with Crippen LogP contribution in [0.5, 0.6) is 0 Å². The van der Waals surface area contributed by atoms with E-state index in [1.54, 1.807) is 6.21 Å². The molecule has 25 heavy (non-hydrogen) atoms. The zero-order valence-corrected chi connectivity index (χ0v) is 13.8. The van der Waals surface area contributed by atoms with Gasteiger partial charge in [0.15, 0.2) is 0 Å². The monoisotopic (exact) mass is 333 g/mol. The molecule has 0 aliphatic heterocycles. The van der Waals surface area contributed by atoms with Crippen molar-refractivity contribution in [2.75, 3.05) is 5.43 Å². The van der Waals surface area contributed by atoms with Crippen molar-refractivity contribution >= 4 is 23.0 Å². The number of hydrogen-bond donors (Lipinski definition) is 2. The van der Waals surface area contributed by atoms with Gasteiger partial charge >= 0.3 is 0 Å². The Kier molecular flexibility index (Phi) is 4.21. The van der Waals surface area contributed by atoms with Crippen molar-refractivity contribution in [2.24, 2.45) is 5.10 Å². The third-order valence-electron chi connectivity index (χ3n) is 4.66. The Labute approximate surface area is 145 Å². The molecule has 3 aromatic rings. The second kappa shape index (κ2) is 6.81. The molecular formula is C19H19N5O. The fourth-order valence-corrected chi connectivity index (χ4v) is 3.33. The van der Waals surface area contributed by atoms with E-state index in [2.05, 4.69) is 26.6 Å². The van der Waals surface area contributed by atoms with Crippen molar-refractivity contribution in [3.05, 3.63) is 47.6 Å². The Balaban J connectivity index is 1.49. The van der Waals surface area contributed by atoms with Gasteiger partial charge in [-0.3, -0.25) is 0 Å². The summed E-state index contributed by atoms with van der Waals surface area (Å²) in [7, 11) is 0. The summed E-state index contributed by atoms with van der Waals surface area (Å²) in [6.07, 6.45) is 9.41. The molecule has 126 valence electrons. The molecule has 1 aliphatic carbocycles. The fraction of sp³-hybridized carbons (Fsp3) is 0.316. The van der Waals surface area contributed by atoms with Gasteiger partial charge in [0.05, 0.1) is 6.21 Å². The average molecular weight is 333 g/mol. The number of anilines is 1. The number of hydrogen-bond acceptors (Lipinski definition) is 5. The summed E-state index contributed by atoms with van der Waals surface area (Å²) in [6, 6.07) is 10.1. The van der Waals surface area contributed by atoms with Gasteiger partial charge in [-0.05, 0) is 42.0 Å². The lowest BCUT2D eigenvalue weighted by Crippen LogP contribution is -2.04. The highest BCUT2D eigenvalue weighted by atomic mass is 16.4. The quantitative estimate of drug-likeness (QED) is 0.542. The molecule has 0 amide bonds. The van der Waals surface area contributed by atoms with Crippen LogP contribution in [-0.2, 0) is 0 Å². The highest BCUT2D eigenvalue weighted by Gasteiger charge is 2.23. The van der Waals surface area contributed by atoms with Crippen LogP contribution in [0.15, 0.2) is 40.0 Å². The molecule has 1 aromatic carbocycles. The van der Waals surface area contributed by atoms with Gasteiger partial charge in [0.1, 0.15) is 6.07 Å². The number of oxazole rings is 1. The van der Waals surface area contributed by atoms with Gasteiger partial charge in [-0.25, -0.2) is 10.4 Å². The van der Waals surface area contributed by atoms with E-state index in [4.69, 9.17) is 4.42 Å². The van der Waals surface area contributed by atoms with Crippen LogP contribution in [0.3, 0.4) is 0 Å². The second-order valence-corrected chi connectivity index (χ2v) is 6.37. The van der Waals surface area contributed by atoms with Crippen LogP contribution in [0.2, 0.25) is 0 Å². The normalized spacial score (nSPS) is 15.6. The lowest BCUT2D eigenvalue weighted by Gasteiger charge is -2.17. The van der Waals surface area contributed by atoms with E-state index in [-0.39, 0.29) is 5.69 Å². The van der Waals surface area contributed by atoms with Crippen LogP contribution in [0, 0.1) is 11.3 Å². The molecule has 1 saturated carbocycles. The smallest absolute Gasteiger partial charge is 0.252 e. The zero-order chi connectivity index (χ0) is 17.1. The molecular weight excluding hydrogens is 314 g/mol. The van der Waals surface area contributed by atoms with Gasteiger partial charge < -0.3 is 9.40 Å². The van der Waals surface area contributed by atoms with Crippen molar-refractivity contribution < 1.29 is 4.42 Å². The first kappa shape index (κ1) is 15.5. The predicted molar refractivity (Wildman–Crippen MR) is 96.6 cm³/mol. The Bertz CT molecular complexity index is 940. The number of rotatable bonds is 4. The van der Waals surface area contributed by atoms with Crippen molar-refractivity contribution in [1.29, 1.82) is 5.26 Å². The van der Waals surface area contributed by atoms with Crippen LogP contribution in [0.4, 0.5) is 5.88 Å². The Hall–Kier alpha value is -3.07. The number of hydrazone groups is 1. The number of benzene rings is 1. The Morgan fingerprint density at radius 2 is 2.16 bits per heavy atom. The highest BCUT2D eigenvalue weighted by Crippen LogP contribution is 2.34. The third kappa shape index (κ3) is 3.26. The van der Waals surface area contributed by atoms with Crippen molar-refractivity contribution in [1.82, 2.24) is 9.97 Å². The van der Waals surface area contributed by atoms with Crippen molar-refractivity contribution in [3.8, 4) is 6.07 Å². The van der Waals surface area contributed by atoms with E-state index >= 15 is 0 Å². The molecule has 0 radical (unpaired) electrons. The predicted octanol–water partition coefficient (Wildman–Crippen LogP) is 4.52. The lowest BCUT2D eigenvalue weighted by molar-refractivity contribution is 0.367. The Morgan fingerprint density at radius 3 is 3.00 bits per heavy atom. The van der Waals surface area contributed by atoms with Crippen molar-refractivity contribution in [3.63, 3.8) is 0 Å². The molecule has 1 fully saturated rings. The van der Waals surface area contributed by atoms with E-state index in [1.807, 2.05) is 30.5 Å². The van der Waals surface area contributed by atoms with Gasteiger partial charge in [0.25, 0.3) is 5.88 Å². The van der Waals surface area contributed by atoms with E-state index < -0.39 is 0 Å². The van der Waals surface area contributed by atoms with E-state index in [0.717, 1.165) is 29.3 Å². The van der Waals surface area contributed by atoms with E-state index in [1.165, 1.54) is 19.3 Å². The number of nitrogens with one attached hydrogen (secondary N) is 2. The number of fused-ring (bicyclic) bond motifs is 1. The molecule has 6 nitrogen and oxygen atoms in total. The first-order valence-electron chi connectivity index (χ1n) is 8.60. The molecule has 0 spiro atoms. The minimum absolute atomic E-state index is 0.263.